The lowest BCUT2D eigenvalue weighted by atomic mass is 9.88. The van der Waals surface area contributed by atoms with E-state index in [1.807, 2.05) is 0 Å². The summed E-state index contributed by atoms with van der Waals surface area (Å²) in [4.78, 5) is 12.4. The zero-order chi connectivity index (χ0) is 19.8. The lowest BCUT2D eigenvalue weighted by Gasteiger charge is -2.32. The van der Waals surface area contributed by atoms with E-state index in [9.17, 15) is 18.0 Å². The van der Waals surface area contributed by atoms with E-state index < -0.39 is 17.8 Å². The van der Waals surface area contributed by atoms with Gasteiger partial charge in [0.25, 0.3) is 0 Å². The Hall–Kier alpha value is -2.38. The number of Topliss-reactive ketones (excluding diaryl/α,β-unsaturated/α-hetero) is 1. The van der Waals surface area contributed by atoms with Crippen LogP contribution in [0.1, 0.15) is 29.7 Å². The van der Waals surface area contributed by atoms with Gasteiger partial charge in [0, 0.05) is 10.6 Å². The van der Waals surface area contributed by atoms with E-state index in [1.54, 1.807) is 24.3 Å². The highest BCUT2D eigenvalue weighted by atomic mass is 35.5. The first-order chi connectivity index (χ1) is 12.7. The third kappa shape index (κ3) is 3.99. The Labute approximate surface area is 164 Å². The zero-order valence-electron chi connectivity index (χ0n) is 14.0. The standard InChI is InChI=1S/C19H14ClF3N2OS/c1-10(26)15-16(11-6-8-12(20)9-7-11)24-18(27)25-17(15)13-4-2-3-5-14(13)19(21,22)23/h2-9,17H,1H3,(H2,24,25,27). The number of nitrogens with one attached hydrogen (secondary N) is 2. The van der Waals surface area contributed by atoms with Crippen molar-refractivity contribution in [3.05, 3.63) is 75.8 Å². The van der Waals surface area contributed by atoms with Crippen LogP contribution in [0.25, 0.3) is 5.70 Å². The van der Waals surface area contributed by atoms with Crippen molar-refractivity contribution in [1.82, 2.24) is 10.6 Å². The molecule has 0 aromatic heterocycles. The van der Waals surface area contributed by atoms with Gasteiger partial charge in [-0.15, -0.1) is 0 Å². The quantitative estimate of drug-likeness (QED) is 0.708. The molecular formula is C19H14ClF3N2OS. The molecule has 0 saturated carbocycles. The maximum absolute atomic E-state index is 13.5. The van der Waals surface area contributed by atoms with E-state index in [0.29, 0.717) is 16.3 Å². The normalized spacial score (nSPS) is 17.4. The number of carbonyl (C=O) groups is 1. The highest BCUT2D eigenvalue weighted by molar-refractivity contribution is 7.80. The Kier molecular flexibility index (Phi) is 5.26. The average molecular weight is 411 g/mol. The van der Waals surface area contributed by atoms with Crippen LogP contribution in [0.2, 0.25) is 5.02 Å². The summed E-state index contributed by atoms with van der Waals surface area (Å²) >= 11 is 11.1. The lowest BCUT2D eigenvalue weighted by molar-refractivity contribution is -0.138. The molecule has 0 amide bonds. The molecule has 140 valence electrons. The molecule has 0 bridgehead atoms. The number of hydrogen-bond acceptors (Lipinski definition) is 2. The summed E-state index contributed by atoms with van der Waals surface area (Å²) in [6, 6.07) is 10.7. The first kappa shape index (κ1) is 19.4. The van der Waals surface area contributed by atoms with Crippen molar-refractivity contribution < 1.29 is 18.0 Å². The summed E-state index contributed by atoms with van der Waals surface area (Å²) in [7, 11) is 0. The molecule has 3 rings (SSSR count). The molecule has 8 heteroatoms. The molecular weight excluding hydrogens is 397 g/mol. The number of carbonyl (C=O) groups excluding carboxylic acids is 1. The van der Waals surface area contributed by atoms with Gasteiger partial charge >= 0.3 is 6.18 Å². The van der Waals surface area contributed by atoms with E-state index in [2.05, 4.69) is 10.6 Å². The predicted molar refractivity (Wildman–Crippen MR) is 102 cm³/mol. The van der Waals surface area contributed by atoms with Crippen molar-refractivity contribution in [2.45, 2.75) is 19.1 Å². The van der Waals surface area contributed by atoms with Crippen LogP contribution < -0.4 is 10.6 Å². The molecule has 1 aliphatic heterocycles. The number of halogens is 4. The van der Waals surface area contributed by atoms with Crippen molar-refractivity contribution in [2.75, 3.05) is 0 Å². The first-order valence-corrected chi connectivity index (χ1v) is 8.72. The second-order valence-corrected chi connectivity index (χ2v) is 6.81. The highest BCUT2D eigenvalue weighted by Crippen LogP contribution is 2.39. The van der Waals surface area contributed by atoms with Gasteiger partial charge in [-0.1, -0.05) is 41.9 Å². The molecule has 1 heterocycles. The van der Waals surface area contributed by atoms with E-state index in [-0.39, 0.29) is 22.0 Å². The van der Waals surface area contributed by atoms with Crippen LogP contribution in [0, 0.1) is 0 Å². The van der Waals surface area contributed by atoms with Gasteiger partial charge < -0.3 is 10.6 Å². The van der Waals surface area contributed by atoms with Crippen LogP contribution >= 0.6 is 23.8 Å². The maximum atomic E-state index is 13.5. The Bertz CT molecular complexity index is 939. The fourth-order valence-corrected chi connectivity index (χ4v) is 3.37. The average Bonchev–Trinajstić information content (AvgIpc) is 2.60. The molecule has 1 unspecified atom stereocenters. The van der Waals surface area contributed by atoms with Crippen LogP contribution in [-0.4, -0.2) is 10.9 Å². The van der Waals surface area contributed by atoms with E-state index in [1.165, 1.54) is 25.1 Å². The fourth-order valence-electron chi connectivity index (χ4n) is 3.03. The van der Waals surface area contributed by atoms with Gasteiger partial charge in [-0.3, -0.25) is 4.79 Å². The number of alkyl halides is 3. The number of thiocarbonyl (C=S) groups is 1. The molecule has 1 atom stereocenters. The van der Waals surface area contributed by atoms with Crippen LogP contribution in [0.4, 0.5) is 13.2 Å². The number of rotatable bonds is 3. The Morgan fingerprint density at radius 2 is 1.74 bits per heavy atom. The van der Waals surface area contributed by atoms with Crippen LogP contribution in [0.5, 0.6) is 0 Å². The minimum Gasteiger partial charge on any atom is -0.351 e. The summed E-state index contributed by atoms with van der Waals surface area (Å²) in [5, 5.41) is 6.33. The van der Waals surface area contributed by atoms with E-state index >= 15 is 0 Å². The van der Waals surface area contributed by atoms with Gasteiger partial charge in [0.1, 0.15) is 0 Å². The third-order valence-corrected chi connectivity index (χ3v) is 4.63. The predicted octanol–water partition coefficient (Wildman–Crippen LogP) is 4.88. The minimum atomic E-state index is -4.56. The van der Waals surface area contributed by atoms with Crippen molar-refractivity contribution >= 4 is 40.4 Å². The molecule has 0 aliphatic carbocycles. The number of ketones is 1. The van der Waals surface area contributed by atoms with Crippen molar-refractivity contribution in [1.29, 1.82) is 0 Å². The monoisotopic (exact) mass is 410 g/mol. The Morgan fingerprint density at radius 3 is 2.33 bits per heavy atom. The van der Waals surface area contributed by atoms with Crippen molar-refractivity contribution in [3.63, 3.8) is 0 Å². The summed E-state index contributed by atoms with van der Waals surface area (Å²) in [6.07, 6.45) is -4.56. The van der Waals surface area contributed by atoms with E-state index in [0.717, 1.165) is 6.07 Å². The van der Waals surface area contributed by atoms with Gasteiger partial charge in [-0.25, -0.2) is 0 Å². The van der Waals surface area contributed by atoms with Crippen LogP contribution in [0.3, 0.4) is 0 Å². The molecule has 0 fully saturated rings. The minimum absolute atomic E-state index is 0.0643. The smallest absolute Gasteiger partial charge is 0.351 e. The fraction of sp³-hybridized carbons (Fsp3) is 0.158. The van der Waals surface area contributed by atoms with Crippen LogP contribution in [-0.2, 0) is 11.0 Å². The molecule has 2 aromatic rings. The SMILES string of the molecule is CC(=O)C1=C(c2ccc(Cl)cc2)NC(=S)NC1c1ccccc1C(F)(F)F. The van der Waals surface area contributed by atoms with E-state index in [4.69, 9.17) is 23.8 Å². The van der Waals surface area contributed by atoms with Crippen LogP contribution in [0.15, 0.2) is 54.1 Å². The number of benzene rings is 2. The van der Waals surface area contributed by atoms with Gasteiger partial charge in [0.05, 0.1) is 17.3 Å². The number of hydrogen-bond donors (Lipinski definition) is 2. The first-order valence-electron chi connectivity index (χ1n) is 7.93. The topological polar surface area (TPSA) is 41.1 Å². The summed E-state index contributed by atoms with van der Waals surface area (Å²) < 4.78 is 40.5. The van der Waals surface area contributed by atoms with Gasteiger partial charge in [-0.05, 0) is 48.5 Å². The lowest BCUT2D eigenvalue weighted by Crippen LogP contribution is -2.45. The molecule has 27 heavy (non-hydrogen) atoms. The largest absolute Gasteiger partial charge is 0.416 e. The second kappa shape index (κ2) is 7.32. The molecule has 0 saturated heterocycles. The molecule has 1 aliphatic rings. The summed E-state index contributed by atoms with van der Waals surface area (Å²) in [5.74, 6) is -0.371. The maximum Gasteiger partial charge on any atom is 0.416 e. The summed E-state index contributed by atoms with van der Waals surface area (Å²) in [5.41, 5.74) is 0.252. The van der Waals surface area contributed by atoms with Gasteiger partial charge in [0.2, 0.25) is 0 Å². The summed E-state index contributed by atoms with van der Waals surface area (Å²) in [6.45, 7) is 1.31. The molecule has 2 N–H and O–H groups in total. The zero-order valence-corrected chi connectivity index (χ0v) is 15.6. The van der Waals surface area contributed by atoms with Crippen molar-refractivity contribution in [2.24, 2.45) is 0 Å². The molecule has 3 nitrogen and oxygen atoms in total. The molecule has 2 aromatic carbocycles. The van der Waals surface area contributed by atoms with Gasteiger partial charge in [-0.2, -0.15) is 13.2 Å². The molecule has 0 spiro atoms. The second-order valence-electron chi connectivity index (χ2n) is 5.97. The van der Waals surface area contributed by atoms with Gasteiger partial charge in [0.15, 0.2) is 10.9 Å². The Balaban J connectivity index is 2.24. The Morgan fingerprint density at radius 1 is 1.11 bits per heavy atom. The highest BCUT2D eigenvalue weighted by Gasteiger charge is 2.38. The van der Waals surface area contributed by atoms with Crippen molar-refractivity contribution in [3.8, 4) is 0 Å². The molecule has 0 radical (unpaired) electrons. The third-order valence-electron chi connectivity index (χ3n) is 4.16.